The molecule has 1 rings (SSSR count). The highest BCUT2D eigenvalue weighted by Gasteiger charge is 2.15. The third kappa shape index (κ3) is 4.63. The molecule has 0 aliphatic rings. The Labute approximate surface area is 122 Å². The molecule has 5 heteroatoms. The number of nitrogens with zero attached hydrogens (tertiary/aromatic N) is 3. The van der Waals surface area contributed by atoms with Crippen LogP contribution in [0.3, 0.4) is 0 Å². The zero-order chi connectivity index (χ0) is 15.1. The van der Waals surface area contributed by atoms with Crippen molar-refractivity contribution in [2.45, 2.75) is 46.1 Å². The van der Waals surface area contributed by atoms with Gasteiger partial charge in [-0.1, -0.05) is 20.8 Å². The molecule has 0 fully saturated rings. The smallest absolute Gasteiger partial charge is 0.135 e. The monoisotopic (exact) mass is 280 g/mol. The fourth-order valence-corrected chi connectivity index (χ4v) is 1.81. The average molecular weight is 280 g/mol. The number of nitrogens with one attached hydrogen (secondary N) is 1. The maximum absolute atomic E-state index is 5.22. The average Bonchev–Trinajstić information content (AvgIpc) is 2.44. The Hall–Kier alpha value is -1.36. The van der Waals surface area contributed by atoms with E-state index in [4.69, 9.17) is 4.74 Å². The summed E-state index contributed by atoms with van der Waals surface area (Å²) in [5.41, 5.74) is 0. The number of aromatic nitrogens is 2. The van der Waals surface area contributed by atoms with Crippen molar-refractivity contribution in [1.29, 1.82) is 0 Å². The molecule has 0 radical (unpaired) electrons. The lowest BCUT2D eigenvalue weighted by atomic mass is 10.2. The molecule has 1 atom stereocenters. The van der Waals surface area contributed by atoms with E-state index in [1.54, 1.807) is 7.11 Å². The Kier molecular flexibility index (Phi) is 6.71. The van der Waals surface area contributed by atoms with Gasteiger partial charge in [0, 0.05) is 32.7 Å². The van der Waals surface area contributed by atoms with Gasteiger partial charge in [0.05, 0.1) is 12.6 Å². The summed E-state index contributed by atoms with van der Waals surface area (Å²) < 4.78 is 5.22. The summed E-state index contributed by atoms with van der Waals surface area (Å²) in [5, 5.41) is 3.35. The minimum Gasteiger partial charge on any atom is -0.383 e. The standard InChI is InChI=1S/C15H28N4O/c1-7-8-16-13-9-14(18-15(17-13)11(2)3)19(5)12(4)10-20-6/h9,11-12H,7-8,10H2,1-6H3,(H,16,17,18). The molecule has 1 aromatic heterocycles. The van der Waals surface area contributed by atoms with E-state index in [-0.39, 0.29) is 6.04 Å². The van der Waals surface area contributed by atoms with Crippen molar-refractivity contribution in [3.8, 4) is 0 Å². The summed E-state index contributed by atoms with van der Waals surface area (Å²) in [5.74, 6) is 3.02. The van der Waals surface area contributed by atoms with Crippen LogP contribution in [0.15, 0.2) is 6.07 Å². The van der Waals surface area contributed by atoms with Crippen molar-refractivity contribution in [1.82, 2.24) is 9.97 Å². The molecule has 1 heterocycles. The van der Waals surface area contributed by atoms with E-state index in [1.807, 2.05) is 13.1 Å². The number of methoxy groups -OCH3 is 1. The first-order valence-corrected chi connectivity index (χ1v) is 7.34. The summed E-state index contributed by atoms with van der Waals surface area (Å²) in [6, 6.07) is 2.28. The second kappa shape index (κ2) is 8.04. The molecule has 1 aromatic rings. The predicted octanol–water partition coefficient (Wildman–Crippen LogP) is 2.89. The normalized spacial score (nSPS) is 12.6. The van der Waals surface area contributed by atoms with Gasteiger partial charge in [-0.25, -0.2) is 9.97 Å². The number of likely N-dealkylation sites (N-methyl/N-ethyl adjacent to an activating group) is 1. The first-order valence-electron chi connectivity index (χ1n) is 7.34. The molecular weight excluding hydrogens is 252 g/mol. The summed E-state index contributed by atoms with van der Waals surface area (Å²) in [7, 11) is 3.76. The molecule has 0 saturated heterocycles. The molecule has 0 saturated carbocycles. The molecule has 0 aromatic carbocycles. The Morgan fingerprint density at radius 2 is 2.00 bits per heavy atom. The quantitative estimate of drug-likeness (QED) is 0.793. The van der Waals surface area contributed by atoms with Crippen molar-refractivity contribution in [3.63, 3.8) is 0 Å². The third-order valence-electron chi connectivity index (χ3n) is 3.23. The largest absolute Gasteiger partial charge is 0.383 e. The van der Waals surface area contributed by atoms with Gasteiger partial charge in [0.25, 0.3) is 0 Å². The van der Waals surface area contributed by atoms with E-state index in [9.17, 15) is 0 Å². The van der Waals surface area contributed by atoms with Crippen molar-refractivity contribution in [2.75, 3.05) is 37.5 Å². The van der Waals surface area contributed by atoms with Crippen molar-refractivity contribution in [3.05, 3.63) is 11.9 Å². The highest BCUT2D eigenvalue weighted by molar-refractivity contribution is 5.49. The van der Waals surface area contributed by atoms with Crippen LogP contribution < -0.4 is 10.2 Å². The molecule has 114 valence electrons. The maximum atomic E-state index is 5.22. The highest BCUT2D eigenvalue weighted by atomic mass is 16.5. The van der Waals surface area contributed by atoms with Crippen LogP contribution in [0.4, 0.5) is 11.6 Å². The minimum atomic E-state index is 0.272. The third-order valence-corrected chi connectivity index (χ3v) is 3.23. The van der Waals surface area contributed by atoms with E-state index in [0.29, 0.717) is 12.5 Å². The second-order valence-corrected chi connectivity index (χ2v) is 5.47. The molecule has 0 aliphatic carbocycles. The van der Waals surface area contributed by atoms with Crippen molar-refractivity contribution >= 4 is 11.6 Å². The summed E-state index contributed by atoms with van der Waals surface area (Å²) in [6.45, 7) is 10.1. The lowest BCUT2D eigenvalue weighted by Crippen LogP contribution is -2.33. The highest BCUT2D eigenvalue weighted by Crippen LogP contribution is 2.20. The molecule has 5 nitrogen and oxygen atoms in total. The number of ether oxygens (including phenoxy) is 1. The van der Waals surface area contributed by atoms with Gasteiger partial charge in [0.2, 0.25) is 0 Å². The van der Waals surface area contributed by atoms with Gasteiger partial charge in [-0.15, -0.1) is 0 Å². The van der Waals surface area contributed by atoms with Gasteiger partial charge in [-0.3, -0.25) is 0 Å². The molecule has 1 N–H and O–H groups in total. The zero-order valence-corrected chi connectivity index (χ0v) is 13.6. The van der Waals surface area contributed by atoms with Crippen LogP contribution in [0.5, 0.6) is 0 Å². The van der Waals surface area contributed by atoms with E-state index < -0.39 is 0 Å². The van der Waals surface area contributed by atoms with Gasteiger partial charge in [0.15, 0.2) is 0 Å². The molecular formula is C15H28N4O. The van der Waals surface area contributed by atoms with Gasteiger partial charge in [-0.05, 0) is 13.3 Å². The SMILES string of the molecule is CCCNc1cc(N(C)C(C)COC)nc(C(C)C)n1. The minimum absolute atomic E-state index is 0.272. The molecule has 1 unspecified atom stereocenters. The first-order chi connectivity index (χ1) is 9.49. The van der Waals surface area contributed by atoms with Gasteiger partial charge in [0.1, 0.15) is 17.5 Å². The van der Waals surface area contributed by atoms with Gasteiger partial charge < -0.3 is 15.0 Å². The maximum Gasteiger partial charge on any atom is 0.135 e. The lowest BCUT2D eigenvalue weighted by molar-refractivity contribution is 0.183. The van der Waals surface area contributed by atoms with E-state index >= 15 is 0 Å². The first kappa shape index (κ1) is 16.7. The fraction of sp³-hybridized carbons (Fsp3) is 0.733. The van der Waals surface area contributed by atoms with E-state index in [0.717, 1.165) is 30.4 Å². The Balaban J connectivity index is 3.01. The summed E-state index contributed by atoms with van der Waals surface area (Å²) >= 11 is 0. The fourth-order valence-electron chi connectivity index (χ4n) is 1.81. The Morgan fingerprint density at radius 3 is 2.55 bits per heavy atom. The number of hydrogen-bond donors (Lipinski definition) is 1. The van der Waals surface area contributed by atoms with Crippen LogP contribution in [0.2, 0.25) is 0 Å². The second-order valence-electron chi connectivity index (χ2n) is 5.47. The van der Waals surface area contributed by atoms with Crippen LogP contribution in [-0.4, -0.2) is 43.3 Å². The van der Waals surface area contributed by atoms with E-state index in [2.05, 4.69) is 47.9 Å². The van der Waals surface area contributed by atoms with Crippen molar-refractivity contribution in [2.24, 2.45) is 0 Å². The summed E-state index contributed by atoms with van der Waals surface area (Å²) in [4.78, 5) is 11.4. The Bertz CT molecular complexity index is 409. The molecule has 0 bridgehead atoms. The van der Waals surface area contributed by atoms with Crippen LogP contribution in [0, 0.1) is 0 Å². The molecule has 20 heavy (non-hydrogen) atoms. The van der Waals surface area contributed by atoms with Crippen LogP contribution in [-0.2, 0) is 4.74 Å². The molecule has 0 aliphatic heterocycles. The topological polar surface area (TPSA) is 50.3 Å². The van der Waals surface area contributed by atoms with Gasteiger partial charge in [-0.2, -0.15) is 0 Å². The number of hydrogen-bond acceptors (Lipinski definition) is 5. The van der Waals surface area contributed by atoms with Gasteiger partial charge >= 0.3 is 0 Å². The zero-order valence-electron chi connectivity index (χ0n) is 13.6. The number of anilines is 2. The van der Waals surface area contributed by atoms with Crippen LogP contribution >= 0.6 is 0 Å². The molecule has 0 spiro atoms. The molecule has 0 amide bonds. The van der Waals surface area contributed by atoms with Crippen LogP contribution in [0.1, 0.15) is 45.9 Å². The predicted molar refractivity (Wildman–Crippen MR) is 84.6 cm³/mol. The lowest BCUT2D eigenvalue weighted by Gasteiger charge is -2.26. The number of rotatable bonds is 8. The van der Waals surface area contributed by atoms with Crippen LogP contribution in [0.25, 0.3) is 0 Å². The summed E-state index contributed by atoms with van der Waals surface area (Å²) in [6.07, 6.45) is 1.08. The Morgan fingerprint density at radius 1 is 1.30 bits per heavy atom. The van der Waals surface area contributed by atoms with E-state index in [1.165, 1.54) is 0 Å². The van der Waals surface area contributed by atoms with Crippen molar-refractivity contribution < 1.29 is 4.74 Å².